The van der Waals surface area contributed by atoms with E-state index in [2.05, 4.69) is 0 Å². The molecular weight excluding hydrogens is 360 g/mol. The van der Waals surface area contributed by atoms with Crippen molar-refractivity contribution < 1.29 is 36.6 Å². The number of anilines is 1. The van der Waals surface area contributed by atoms with Crippen LogP contribution in [0.2, 0.25) is 0 Å². The third kappa shape index (κ3) is 3.68. The molecule has 0 unspecified atom stereocenters. The molecule has 0 fully saturated rings. The van der Waals surface area contributed by atoms with Crippen molar-refractivity contribution in [3.8, 4) is 11.5 Å². The maximum absolute atomic E-state index is 13.2. The van der Waals surface area contributed by atoms with Gasteiger partial charge in [0.25, 0.3) is 5.91 Å². The molecule has 0 aromatic heterocycles. The third-order valence-electron chi connectivity index (χ3n) is 3.39. The molecule has 1 aliphatic heterocycles. The molecule has 26 heavy (non-hydrogen) atoms. The van der Waals surface area contributed by atoms with Crippen LogP contribution in [0.25, 0.3) is 0 Å². The van der Waals surface area contributed by atoms with E-state index in [1.54, 1.807) is 0 Å². The van der Waals surface area contributed by atoms with E-state index in [-0.39, 0.29) is 18.0 Å². The molecule has 0 aliphatic carbocycles. The summed E-state index contributed by atoms with van der Waals surface area (Å²) in [6.07, 6.45) is -4.92. The Kier molecular flexibility index (Phi) is 4.41. The summed E-state index contributed by atoms with van der Waals surface area (Å²) in [5, 5.41) is 3.99. The molecule has 1 aliphatic rings. The third-order valence-corrected chi connectivity index (χ3v) is 3.39. The Balaban J connectivity index is 1.68. The van der Waals surface area contributed by atoms with Crippen molar-refractivity contribution in [2.75, 3.05) is 12.1 Å². The predicted octanol–water partition coefficient (Wildman–Crippen LogP) is 3.54. The van der Waals surface area contributed by atoms with E-state index in [0.717, 1.165) is 6.07 Å². The van der Waals surface area contributed by atoms with Crippen LogP contribution in [0.5, 0.6) is 11.5 Å². The minimum atomic E-state index is -4.92. The van der Waals surface area contributed by atoms with E-state index in [1.807, 2.05) is 10.6 Å². The summed E-state index contributed by atoms with van der Waals surface area (Å²) in [5.74, 6) is -1.51. The van der Waals surface area contributed by atoms with Crippen molar-refractivity contribution in [3.05, 3.63) is 53.3 Å². The summed E-state index contributed by atoms with van der Waals surface area (Å²) >= 11 is 0. The average Bonchev–Trinajstić information content (AvgIpc) is 3.03. The molecule has 136 valence electrons. The number of fused-ring (bicyclic) bond motifs is 1. The van der Waals surface area contributed by atoms with Gasteiger partial charge < -0.3 is 14.8 Å². The lowest BCUT2D eigenvalue weighted by molar-refractivity contribution is -0.139. The summed E-state index contributed by atoms with van der Waals surface area (Å²) in [4.78, 5) is 23.8. The van der Waals surface area contributed by atoms with Crippen molar-refractivity contribution in [2.45, 2.75) is 6.18 Å². The van der Waals surface area contributed by atoms with Gasteiger partial charge >= 0.3 is 12.2 Å². The van der Waals surface area contributed by atoms with Crippen LogP contribution < -0.4 is 20.1 Å². The van der Waals surface area contributed by atoms with Crippen LogP contribution in [-0.4, -0.2) is 18.7 Å². The number of alkyl halides is 3. The number of carbonyl (C=O) groups is 2. The summed E-state index contributed by atoms with van der Waals surface area (Å²) in [5.41, 5.74) is -1.77. The fourth-order valence-electron chi connectivity index (χ4n) is 2.20. The van der Waals surface area contributed by atoms with Gasteiger partial charge in [-0.25, -0.2) is 9.18 Å². The molecule has 0 saturated carbocycles. The van der Waals surface area contributed by atoms with Crippen LogP contribution in [0.1, 0.15) is 15.9 Å². The molecule has 1 heterocycles. The highest BCUT2D eigenvalue weighted by Crippen LogP contribution is 2.33. The summed E-state index contributed by atoms with van der Waals surface area (Å²) < 4.78 is 61.4. The van der Waals surface area contributed by atoms with Gasteiger partial charge in [-0.05, 0) is 36.4 Å². The molecule has 0 spiro atoms. The SMILES string of the molecule is O=C(NC(=O)c1ccc2c(c1)OCO2)Nc1ccc(F)c(C(F)(F)F)c1. The van der Waals surface area contributed by atoms with E-state index < -0.39 is 29.5 Å². The van der Waals surface area contributed by atoms with Crippen molar-refractivity contribution >= 4 is 17.6 Å². The zero-order valence-corrected chi connectivity index (χ0v) is 12.8. The number of hydrogen-bond acceptors (Lipinski definition) is 4. The Labute approximate surface area is 143 Å². The zero-order chi connectivity index (χ0) is 18.9. The topological polar surface area (TPSA) is 76.7 Å². The predicted molar refractivity (Wildman–Crippen MR) is 80.5 cm³/mol. The van der Waals surface area contributed by atoms with Crippen molar-refractivity contribution in [3.63, 3.8) is 0 Å². The number of halogens is 4. The van der Waals surface area contributed by atoms with Crippen molar-refractivity contribution in [1.82, 2.24) is 5.32 Å². The molecule has 2 aromatic rings. The second-order valence-corrected chi connectivity index (χ2v) is 5.17. The normalized spacial score (nSPS) is 12.6. The minimum absolute atomic E-state index is 0.00694. The molecule has 6 nitrogen and oxygen atoms in total. The summed E-state index contributed by atoms with van der Waals surface area (Å²) in [7, 11) is 0. The Bertz CT molecular complexity index is 883. The van der Waals surface area contributed by atoms with Crippen LogP contribution in [0.4, 0.5) is 28.0 Å². The Morgan fingerprint density at radius 2 is 1.73 bits per heavy atom. The van der Waals surface area contributed by atoms with E-state index in [1.165, 1.54) is 18.2 Å². The van der Waals surface area contributed by atoms with E-state index >= 15 is 0 Å². The van der Waals surface area contributed by atoms with Crippen LogP contribution in [0, 0.1) is 5.82 Å². The lowest BCUT2D eigenvalue weighted by Gasteiger charge is -2.11. The number of rotatable bonds is 2. The molecule has 0 bridgehead atoms. The quantitative estimate of drug-likeness (QED) is 0.793. The molecule has 0 radical (unpaired) electrons. The van der Waals surface area contributed by atoms with Gasteiger partial charge in [-0.2, -0.15) is 13.2 Å². The number of amides is 3. The largest absolute Gasteiger partial charge is 0.454 e. The van der Waals surface area contributed by atoms with Crippen LogP contribution >= 0.6 is 0 Å². The second-order valence-electron chi connectivity index (χ2n) is 5.17. The fraction of sp³-hybridized carbons (Fsp3) is 0.125. The molecular formula is C16H10F4N2O4. The molecule has 3 rings (SSSR count). The Morgan fingerprint density at radius 3 is 2.46 bits per heavy atom. The average molecular weight is 370 g/mol. The molecule has 0 saturated heterocycles. The Morgan fingerprint density at radius 1 is 1.00 bits per heavy atom. The number of imide groups is 1. The lowest BCUT2D eigenvalue weighted by atomic mass is 10.2. The van der Waals surface area contributed by atoms with Gasteiger partial charge in [-0.1, -0.05) is 0 Å². The smallest absolute Gasteiger partial charge is 0.419 e. The first-order valence-corrected chi connectivity index (χ1v) is 7.13. The van der Waals surface area contributed by atoms with E-state index in [0.29, 0.717) is 23.6 Å². The lowest BCUT2D eigenvalue weighted by Crippen LogP contribution is -2.34. The maximum Gasteiger partial charge on any atom is 0.419 e. The highest BCUT2D eigenvalue weighted by Gasteiger charge is 2.34. The first kappa shape index (κ1) is 17.5. The highest BCUT2D eigenvalue weighted by molar-refractivity contribution is 6.08. The van der Waals surface area contributed by atoms with Crippen LogP contribution in [-0.2, 0) is 6.18 Å². The zero-order valence-electron chi connectivity index (χ0n) is 12.8. The highest BCUT2D eigenvalue weighted by atomic mass is 19.4. The summed E-state index contributed by atoms with van der Waals surface area (Å²) in [6, 6.07) is 5.07. The molecule has 2 aromatic carbocycles. The molecule has 10 heteroatoms. The fourth-order valence-corrected chi connectivity index (χ4v) is 2.20. The van der Waals surface area contributed by atoms with E-state index in [9.17, 15) is 27.2 Å². The minimum Gasteiger partial charge on any atom is -0.454 e. The van der Waals surface area contributed by atoms with Crippen LogP contribution in [0.15, 0.2) is 36.4 Å². The monoisotopic (exact) mass is 370 g/mol. The number of hydrogen-bond donors (Lipinski definition) is 2. The summed E-state index contributed by atoms with van der Waals surface area (Å²) in [6.45, 7) is 0.00694. The van der Waals surface area contributed by atoms with Gasteiger partial charge in [0, 0.05) is 11.3 Å². The Hall–Kier alpha value is -3.30. The maximum atomic E-state index is 13.2. The molecule has 0 atom stereocenters. The molecule has 2 N–H and O–H groups in total. The number of benzene rings is 2. The first-order chi connectivity index (χ1) is 12.2. The second kappa shape index (κ2) is 6.54. The number of urea groups is 1. The van der Waals surface area contributed by atoms with Crippen molar-refractivity contribution in [1.29, 1.82) is 0 Å². The standard InChI is InChI=1S/C16H10F4N2O4/c17-11-3-2-9(6-10(11)16(18,19)20)21-15(24)22-14(23)8-1-4-12-13(5-8)26-7-25-12/h1-6H,7H2,(H2,21,22,23,24). The van der Waals surface area contributed by atoms with Crippen LogP contribution in [0.3, 0.4) is 0 Å². The van der Waals surface area contributed by atoms with Crippen molar-refractivity contribution in [2.24, 2.45) is 0 Å². The number of nitrogens with one attached hydrogen (secondary N) is 2. The van der Waals surface area contributed by atoms with Gasteiger partial charge in [0.05, 0.1) is 5.56 Å². The molecule has 3 amide bonds. The number of ether oxygens (including phenoxy) is 2. The van der Waals surface area contributed by atoms with Gasteiger partial charge in [0.2, 0.25) is 6.79 Å². The van der Waals surface area contributed by atoms with Gasteiger partial charge in [-0.15, -0.1) is 0 Å². The van der Waals surface area contributed by atoms with Gasteiger partial charge in [0.1, 0.15) is 5.82 Å². The number of carbonyl (C=O) groups excluding carboxylic acids is 2. The van der Waals surface area contributed by atoms with E-state index in [4.69, 9.17) is 9.47 Å². The first-order valence-electron chi connectivity index (χ1n) is 7.13. The van der Waals surface area contributed by atoms with Gasteiger partial charge in [0.15, 0.2) is 11.5 Å². The van der Waals surface area contributed by atoms with Gasteiger partial charge in [-0.3, -0.25) is 10.1 Å².